The van der Waals surface area contributed by atoms with Gasteiger partial charge in [0.15, 0.2) is 0 Å². The van der Waals surface area contributed by atoms with Gasteiger partial charge in [0.05, 0.1) is 25.5 Å². The van der Waals surface area contributed by atoms with Crippen LogP contribution in [0.15, 0.2) is 48.5 Å². The van der Waals surface area contributed by atoms with Crippen LogP contribution < -0.4 is 14.8 Å². The Kier molecular flexibility index (Phi) is 10.4. The molecule has 0 aromatic heterocycles. The van der Waals surface area contributed by atoms with Crippen molar-refractivity contribution in [3.05, 3.63) is 54.1 Å². The number of anilines is 1. The molecule has 1 fully saturated rings. The van der Waals surface area contributed by atoms with Crippen molar-refractivity contribution >= 4 is 11.8 Å². The number of unbranched alkanes of at least 4 members (excludes halogenated alkanes) is 5. The van der Waals surface area contributed by atoms with Crippen molar-refractivity contribution in [1.29, 1.82) is 0 Å². The van der Waals surface area contributed by atoms with Gasteiger partial charge in [0.25, 0.3) is 0 Å². The van der Waals surface area contributed by atoms with E-state index in [9.17, 15) is 4.79 Å². The summed E-state index contributed by atoms with van der Waals surface area (Å²) in [5, 5.41) is 2.84. The third kappa shape index (κ3) is 8.17. The number of rotatable bonds is 12. The topological polar surface area (TPSA) is 60.0 Å². The van der Waals surface area contributed by atoms with Crippen LogP contribution in [0.1, 0.15) is 51.0 Å². The van der Waals surface area contributed by atoms with Gasteiger partial charge >= 0.3 is 6.09 Å². The third-order valence-corrected chi connectivity index (χ3v) is 5.55. The van der Waals surface area contributed by atoms with Gasteiger partial charge < -0.3 is 14.2 Å². The number of nitrogens with zero attached hydrogens (tertiary/aromatic N) is 1. The van der Waals surface area contributed by atoms with E-state index in [1.165, 1.54) is 25.7 Å². The maximum atomic E-state index is 12.6. The van der Waals surface area contributed by atoms with Gasteiger partial charge in [-0.25, -0.2) is 4.79 Å². The molecule has 1 N–H and O–H groups in total. The lowest BCUT2D eigenvalue weighted by molar-refractivity contribution is 0.0339. The first-order valence-corrected chi connectivity index (χ1v) is 11.8. The van der Waals surface area contributed by atoms with Crippen molar-refractivity contribution in [2.24, 2.45) is 0 Å². The van der Waals surface area contributed by atoms with Crippen LogP contribution in [-0.2, 0) is 11.3 Å². The van der Waals surface area contributed by atoms with Crippen LogP contribution in [0.2, 0.25) is 0 Å². The quantitative estimate of drug-likeness (QED) is 0.418. The predicted octanol–water partition coefficient (Wildman–Crippen LogP) is 5.87. The average molecular weight is 441 g/mol. The van der Waals surface area contributed by atoms with Crippen molar-refractivity contribution in [3.63, 3.8) is 0 Å². The van der Waals surface area contributed by atoms with Crippen molar-refractivity contribution in [2.45, 2.75) is 52.0 Å². The van der Waals surface area contributed by atoms with Crippen LogP contribution >= 0.6 is 0 Å². The Morgan fingerprint density at radius 2 is 1.62 bits per heavy atom. The molecule has 0 spiro atoms. The minimum absolute atomic E-state index is 0.518. The van der Waals surface area contributed by atoms with E-state index in [1.807, 2.05) is 48.5 Å². The Morgan fingerprint density at radius 3 is 2.44 bits per heavy atom. The molecule has 0 radical (unpaired) electrons. The third-order valence-electron chi connectivity index (χ3n) is 5.55. The van der Waals surface area contributed by atoms with Crippen LogP contribution in [0.25, 0.3) is 0 Å². The molecule has 3 rings (SSSR count). The Hall–Kier alpha value is -2.57. The number of nitrogens with one attached hydrogen (secondary N) is 1. The Bertz CT molecular complexity index is 821. The summed E-state index contributed by atoms with van der Waals surface area (Å²) in [5.74, 6) is 1.24. The molecule has 1 aliphatic heterocycles. The van der Waals surface area contributed by atoms with Crippen molar-refractivity contribution in [2.75, 3.05) is 38.2 Å². The van der Waals surface area contributed by atoms with E-state index in [-0.39, 0.29) is 0 Å². The lowest BCUT2D eigenvalue weighted by Crippen LogP contribution is -2.35. The fourth-order valence-electron chi connectivity index (χ4n) is 3.73. The number of para-hydroxylation sites is 3. The molecular formula is C26H36N2O4. The second kappa shape index (κ2) is 13.8. The van der Waals surface area contributed by atoms with E-state index >= 15 is 0 Å². The number of hydrogen-bond acceptors (Lipinski definition) is 5. The fourth-order valence-corrected chi connectivity index (χ4v) is 3.73. The van der Waals surface area contributed by atoms with Gasteiger partial charge in [-0.05, 0) is 24.6 Å². The monoisotopic (exact) mass is 440 g/mol. The number of benzene rings is 2. The second-order valence-electron chi connectivity index (χ2n) is 8.12. The molecule has 0 atom stereocenters. The Labute approximate surface area is 191 Å². The molecule has 174 valence electrons. The summed E-state index contributed by atoms with van der Waals surface area (Å²) in [5.41, 5.74) is 1.60. The van der Waals surface area contributed by atoms with Gasteiger partial charge in [-0.3, -0.25) is 10.2 Å². The van der Waals surface area contributed by atoms with Crippen molar-refractivity contribution in [1.82, 2.24) is 4.90 Å². The highest BCUT2D eigenvalue weighted by atomic mass is 16.6. The van der Waals surface area contributed by atoms with Gasteiger partial charge in [-0.15, -0.1) is 0 Å². The zero-order valence-electron chi connectivity index (χ0n) is 19.2. The summed E-state index contributed by atoms with van der Waals surface area (Å²) >= 11 is 0. The number of morpholine rings is 1. The van der Waals surface area contributed by atoms with Gasteiger partial charge in [-0.1, -0.05) is 69.4 Å². The molecule has 2 aromatic rings. The summed E-state index contributed by atoms with van der Waals surface area (Å²) in [7, 11) is 0. The Morgan fingerprint density at radius 1 is 0.938 bits per heavy atom. The zero-order valence-corrected chi connectivity index (χ0v) is 19.2. The maximum Gasteiger partial charge on any atom is 0.417 e. The normalized spacial score (nSPS) is 14.2. The number of hydrogen-bond donors (Lipinski definition) is 1. The summed E-state index contributed by atoms with van der Waals surface area (Å²) < 4.78 is 17.0. The molecule has 6 heteroatoms. The molecule has 0 aliphatic carbocycles. The summed E-state index contributed by atoms with van der Waals surface area (Å²) in [6.07, 6.45) is 6.74. The second-order valence-corrected chi connectivity index (χ2v) is 8.12. The van der Waals surface area contributed by atoms with Crippen LogP contribution in [0.3, 0.4) is 0 Å². The van der Waals surface area contributed by atoms with Gasteiger partial charge in [0, 0.05) is 25.2 Å². The minimum atomic E-state index is -0.518. The summed E-state index contributed by atoms with van der Waals surface area (Å²) in [4.78, 5) is 14.9. The predicted molar refractivity (Wildman–Crippen MR) is 127 cm³/mol. The molecule has 1 saturated heterocycles. The summed E-state index contributed by atoms with van der Waals surface area (Å²) in [6.45, 7) is 6.82. The van der Waals surface area contributed by atoms with E-state index in [0.717, 1.165) is 51.3 Å². The number of carbonyl (C=O) groups excluding carboxylic acids is 1. The van der Waals surface area contributed by atoms with E-state index in [2.05, 4.69) is 17.1 Å². The fraction of sp³-hybridized carbons (Fsp3) is 0.500. The molecule has 2 aromatic carbocycles. The molecule has 0 saturated carbocycles. The smallest absolute Gasteiger partial charge is 0.417 e. The minimum Gasteiger partial charge on any atom is -0.491 e. The highest BCUT2D eigenvalue weighted by Gasteiger charge is 2.16. The first-order valence-electron chi connectivity index (χ1n) is 11.8. The SMILES string of the molecule is CCCCCCCCOc1ccccc1NC(=O)Oc1ccccc1CN1CCOCC1. The Balaban J connectivity index is 1.51. The summed E-state index contributed by atoms with van der Waals surface area (Å²) in [6, 6.07) is 15.2. The molecule has 6 nitrogen and oxygen atoms in total. The van der Waals surface area contributed by atoms with Crippen molar-refractivity contribution < 1.29 is 19.0 Å². The van der Waals surface area contributed by atoms with E-state index < -0.39 is 6.09 Å². The van der Waals surface area contributed by atoms with E-state index in [0.29, 0.717) is 23.8 Å². The molecule has 1 amide bonds. The van der Waals surface area contributed by atoms with Gasteiger partial charge in [-0.2, -0.15) is 0 Å². The van der Waals surface area contributed by atoms with Crippen molar-refractivity contribution in [3.8, 4) is 11.5 Å². The highest BCUT2D eigenvalue weighted by Crippen LogP contribution is 2.26. The molecule has 32 heavy (non-hydrogen) atoms. The van der Waals surface area contributed by atoms with Crippen LogP contribution in [-0.4, -0.2) is 43.9 Å². The van der Waals surface area contributed by atoms with Gasteiger partial charge in [0.2, 0.25) is 0 Å². The lowest BCUT2D eigenvalue weighted by Gasteiger charge is -2.27. The van der Waals surface area contributed by atoms with Crippen LogP contribution in [0.5, 0.6) is 11.5 Å². The first-order chi connectivity index (χ1) is 15.8. The number of carbonyl (C=O) groups is 1. The highest BCUT2D eigenvalue weighted by molar-refractivity contribution is 5.88. The lowest BCUT2D eigenvalue weighted by atomic mass is 10.1. The van der Waals surface area contributed by atoms with Gasteiger partial charge in [0.1, 0.15) is 11.5 Å². The zero-order chi connectivity index (χ0) is 22.4. The van der Waals surface area contributed by atoms with Crippen LogP contribution in [0, 0.1) is 0 Å². The maximum absolute atomic E-state index is 12.6. The standard InChI is InChI=1S/C26H36N2O4/c1-2-3-4-5-6-11-18-31-25-15-10-8-13-23(25)27-26(29)32-24-14-9-7-12-22(24)21-28-16-19-30-20-17-28/h7-10,12-15H,2-6,11,16-21H2,1H3,(H,27,29). The average Bonchev–Trinajstić information content (AvgIpc) is 2.81. The van der Waals surface area contributed by atoms with E-state index in [1.54, 1.807) is 0 Å². The first kappa shape index (κ1) is 24.1. The molecule has 0 bridgehead atoms. The number of amides is 1. The molecule has 1 aliphatic rings. The van der Waals surface area contributed by atoms with Crippen LogP contribution in [0.4, 0.5) is 10.5 Å². The largest absolute Gasteiger partial charge is 0.491 e. The molecule has 1 heterocycles. The molecular weight excluding hydrogens is 404 g/mol. The number of ether oxygens (including phenoxy) is 3. The van der Waals surface area contributed by atoms with E-state index in [4.69, 9.17) is 14.2 Å². The molecule has 0 unspecified atom stereocenters.